The fourth-order valence-electron chi connectivity index (χ4n) is 3.38. The monoisotopic (exact) mass is 244 g/mol. The molecule has 0 amide bonds. The SMILES string of the molecule is Cc1[nH]nc2c1C1(CCCCC1)C(C#N)=C(N)O2. The number of ether oxygens (including phenoxy) is 1. The lowest BCUT2D eigenvalue weighted by Crippen LogP contribution is -2.37. The van der Waals surface area contributed by atoms with Crippen molar-refractivity contribution in [2.45, 2.75) is 44.4 Å². The van der Waals surface area contributed by atoms with Crippen molar-refractivity contribution in [2.75, 3.05) is 0 Å². The third-order valence-electron chi connectivity index (χ3n) is 4.14. The van der Waals surface area contributed by atoms with Crippen molar-refractivity contribution < 1.29 is 4.74 Å². The Morgan fingerprint density at radius 1 is 1.39 bits per heavy atom. The number of fused-ring (bicyclic) bond motifs is 2. The van der Waals surface area contributed by atoms with Gasteiger partial charge in [-0.05, 0) is 19.8 Å². The quantitative estimate of drug-likeness (QED) is 0.730. The summed E-state index contributed by atoms with van der Waals surface area (Å²) in [5.41, 5.74) is 8.22. The third kappa shape index (κ3) is 1.29. The summed E-state index contributed by atoms with van der Waals surface area (Å²) in [6.45, 7) is 1.97. The Morgan fingerprint density at radius 3 is 2.78 bits per heavy atom. The molecule has 0 aromatic carbocycles. The number of rotatable bonds is 0. The predicted octanol–water partition coefficient (Wildman–Crippen LogP) is 2.01. The van der Waals surface area contributed by atoms with Crippen LogP contribution >= 0.6 is 0 Å². The molecule has 18 heavy (non-hydrogen) atoms. The van der Waals surface area contributed by atoms with Crippen LogP contribution in [-0.2, 0) is 5.41 Å². The molecular formula is C13H16N4O. The topological polar surface area (TPSA) is 87.7 Å². The van der Waals surface area contributed by atoms with Crippen LogP contribution in [0.2, 0.25) is 0 Å². The number of hydrogen-bond donors (Lipinski definition) is 2. The van der Waals surface area contributed by atoms with Crippen LogP contribution in [0.15, 0.2) is 11.5 Å². The summed E-state index contributed by atoms with van der Waals surface area (Å²) in [5, 5.41) is 16.5. The van der Waals surface area contributed by atoms with E-state index in [1.54, 1.807) is 0 Å². The van der Waals surface area contributed by atoms with Gasteiger partial charge in [0.25, 0.3) is 0 Å². The average Bonchev–Trinajstić information content (AvgIpc) is 2.73. The van der Waals surface area contributed by atoms with Gasteiger partial charge in [0.2, 0.25) is 11.8 Å². The minimum absolute atomic E-state index is 0.221. The molecule has 5 nitrogen and oxygen atoms in total. The first-order valence-electron chi connectivity index (χ1n) is 6.32. The van der Waals surface area contributed by atoms with Crippen LogP contribution in [0, 0.1) is 18.3 Å². The normalized spacial score (nSPS) is 21.3. The Morgan fingerprint density at radius 2 is 2.11 bits per heavy atom. The lowest BCUT2D eigenvalue weighted by atomic mass is 9.64. The molecular weight excluding hydrogens is 228 g/mol. The number of nitrogens with zero attached hydrogens (tertiary/aromatic N) is 2. The molecule has 0 radical (unpaired) electrons. The highest BCUT2D eigenvalue weighted by Crippen LogP contribution is 2.51. The number of aryl methyl sites for hydroxylation is 1. The van der Waals surface area contributed by atoms with Gasteiger partial charge in [-0.1, -0.05) is 19.3 Å². The first-order valence-corrected chi connectivity index (χ1v) is 6.32. The van der Waals surface area contributed by atoms with Crippen LogP contribution < -0.4 is 10.5 Å². The number of aromatic nitrogens is 2. The molecule has 1 fully saturated rings. The van der Waals surface area contributed by atoms with Gasteiger partial charge in [0.05, 0.1) is 0 Å². The summed E-state index contributed by atoms with van der Waals surface area (Å²) in [4.78, 5) is 0. The summed E-state index contributed by atoms with van der Waals surface area (Å²) in [6.07, 6.45) is 5.35. The van der Waals surface area contributed by atoms with E-state index < -0.39 is 0 Å². The molecule has 1 aliphatic carbocycles. The summed E-state index contributed by atoms with van der Waals surface area (Å²) in [7, 11) is 0. The molecule has 0 atom stereocenters. The molecule has 3 N–H and O–H groups in total. The standard InChI is InChI=1S/C13H16N4O/c1-8-10-12(17-16-8)18-11(15)9(7-14)13(10)5-3-2-4-6-13/h2-6,15H2,1H3,(H,16,17). The van der Waals surface area contributed by atoms with Crippen LogP contribution in [0.5, 0.6) is 5.88 Å². The number of allylic oxidation sites excluding steroid dienone is 1. The second-order valence-electron chi connectivity index (χ2n) is 5.12. The average molecular weight is 244 g/mol. The summed E-state index contributed by atoms with van der Waals surface area (Å²) >= 11 is 0. The maximum absolute atomic E-state index is 9.43. The molecule has 2 aliphatic rings. The van der Waals surface area contributed by atoms with Crippen LogP contribution in [0.3, 0.4) is 0 Å². The second kappa shape index (κ2) is 3.77. The van der Waals surface area contributed by atoms with Crippen molar-refractivity contribution in [1.29, 1.82) is 5.26 Å². The molecule has 0 unspecified atom stereocenters. The molecule has 94 valence electrons. The maximum atomic E-state index is 9.43. The fraction of sp³-hybridized carbons (Fsp3) is 0.538. The van der Waals surface area contributed by atoms with Gasteiger partial charge in [-0.15, -0.1) is 5.10 Å². The van der Waals surface area contributed by atoms with E-state index in [0.29, 0.717) is 11.5 Å². The van der Waals surface area contributed by atoms with Crippen LogP contribution in [0.1, 0.15) is 43.4 Å². The van der Waals surface area contributed by atoms with Crippen LogP contribution in [0.4, 0.5) is 0 Å². The van der Waals surface area contributed by atoms with Crippen molar-refractivity contribution in [2.24, 2.45) is 5.73 Å². The number of hydrogen-bond acceptors (Lipinski definition) is 4. The predicted molar refractivity (Wildman–Crippen MR) is 65.5 cm³/mol. The van der Waals surface area contributed by atoms with E-state index in [2.05, 4.69) is 16.3 Å². The van der Waals surface area contributed by atoms with E-state index >= 15 is 0 Å². The lowest BCUT2D eigenvalue weighted by molar-refractivity contribution is 0.285. The first-order chi connectivity index (χ1) is 8.69. The van der Waals surface area contributed by atoms with Gasteiger partial charge in [-0.3, -0.25) is 5.10 Å². The minimum Gasteiger partial charge on any atom is -0.420 e. The Balaban J connectivity index is 2.24. The number of nitrogens with one attached hydrogen (secondary N) is 1. The van der Waals surface area contributed by atoms with Gasteiger partial charge in [-0.25, -0.2) is 0 Å². The largest absolute Gasteiger partial charge is 0.420 e. The van der Waals surface area contributed by atoms with Gasteiger partial charge < -0.3 is 10.5 Å². The Labute approximate surface area is 106 Å². The van der Waals surface area contributed by atoms with E-state index in [0.717, 1.165) is 36.9 Å². The van der Waals surface area contributed by atoms with E-state index in [1.165, 1.54) is 6.42 Å². The molecule has 3 rings (SSSR count). The van der Waals surface area contributed by atoms with Gasteiger partial charge in [0, 0.05) is 16.7 Å². The molecule has 0 bridgehead atoms. The van der Waals surface area contributed by atoms with Gasteiger partial charge in [0.15, 0.2) is 0 Å². The molecule has 5 heteroatoms. The molecule has 1 aliphatic heterocycles. The molecule has 1 aromatic rings. The zero-order valence-corrected chi connectivity index (χ0v) is 10.4. The summed E-state index contributed by atoms with van der Waals surface area (Å²) in [5.74, 6) is 0.768. The molecule has 0 saturated heterocycles. The van der Waals surface area contributed by atoms with Gasteiger partial charge >= 0.3 is 0 Å². The van der Waals surface area contributed by atoms with E-state index in [1.807, 2.05) is 6.92 Å². The zero-order chi connectivity index (χ0) is 12.8. The van der Waals surface area contributed by atoms with Crippen molar-refractivity contribution >= 4 is 0 Å². The summed E-state index contributed by atoms with van der Waals surface area (Å²) < 4.78 is 5.48. The number of nitriles is 1. The third-order valence-corrected chi connectivity index (χ3v) is 4.14. The van der Waals surface area contributed by atoms with Gasteiger partial charge in [-0.2, -0.15) is 5.26 Å². The molecule has 1 aromatic heterocycles. The Kier molecular flexibility index (Phi) is 2.34. The maximum Gasteiger partial charge on any atom is 0.244 e. The second-order valence-corrected chi connectivity index (χ2v) is 5.12. The van der Waals surface area contributed by atoms with E-state index in [4.69, 9.17) is 10.5 Å². The first kappa shape index (κ1) is 11.1. The van der Waals surface area contributed by atoms with Crippen molar-refractivity contribution in [3.63, 3.8) is 0 Å². The summed E-state index contributed by atoms with van der Waals surface area (Å²) in [6, 6.07) is 2.26. The molecule has 2 heterocycles. The highest BCUT2D eigenvalue weighted by Gasteiger charge is 2.47. The van der Waals surface area contributed by atoms with E-state index in [-0.39, 0.29) is 11.3 Å². The molecule has 1 saturated carbocycles. The van der Waals surface area contributed by atoms with Crippen molar-refractivity contribution in [3.8, 4) is 11.9 Å². The lowest BCUT2D eigenvalue weighted by Gasteiger charge is -2.39. The van der Waals surface area contributed by atoms with Crippen molar-refractivity contribution in [3.05, 3.63) is 22.7 Å². The van der Waals surface area contributed by atoms with Crippen molar-refractivity contribution in [1.82, 2.24) is 10.2 Å². The minimum atomic E-state index is -0.276. The number of H-pyrrole nitrogens is 1. The molecule has 1 spiro atoms. The van der Waals surface area contributed by atoms with E-state index in [9.17, 15) is 5.26 Å². The zero-order valence-electron chi connectivity index (χ0n) is 10.4. The Hall–Kier alpha value is -1.96. The fourth-order valence-corrected chi connectivity index (χ4v) is 3.38. The number of nitrogens with two attached hydrogens (primary N) is 1. The highest BCUT2D eigenvalue weighted by atomic mass is 16.5. The smallest absolute Gasteiger partial charge is 0.244 e. The van der Waals surface area contributed by atoms with Crippen LogP contribution in [0.25, 0.3) is 0 Å². The van der Waals surface area contributed by atoms with Crippen LogP contribution in [-0.4, -0.2) is 10.2 Å². The van der Waals surface area contributed by atoms with Gasteiger partial charge in [0.1, 0.15) is 11.6 Å². The highest BCUT2D eigenvalue weighted by molar-refractivity contribution is 5.54. The number of aromatic amines is 1. The Bertz CT molecular complexity index is 558.